The van der Waals surface area contributed by atoms with Gasteiger partial charge in [0.05, 0.1) is 18.4 Å². The molecule has 0 saturated carbocycles. The molecule has 23 heavy (non-hydrogen) atoms. The predicted octanol–water partition coefficient (Wildman–Crippen LogP) is 0.970. The Balaban J connectivity index is 3.10. The number of esters is 2. The summed E-state index contributed by atoms with van der Waals surface area (Å²) in [6.45, 7) is 4.69. The molecule has 1 aliphatic rings. The van der Waals surface area contributed by atoms with Gasteiger partial charge in [-0.2, -0.15) is 0 Å². The number of hydrogen-bond donors (Lipinski definition) is 1. The second-order valence-corrected chi connectivity index (χ2v) is 5.33. The van der Waals surface area contributed by atoms with Crippen molar-refractivity contribution in [1.82, 2.24) is 0 Å². The van der Waals surface area contributed by atoms with E-state index in [0.717, 1.165) is 0 Å². The fourth-order valence-electron chi connectivity index (χ4n) is 2.45. The third-order valence-corrected chi connectivity index (χ3v) is 3.81. The van der Waals surface area contributed by atoms with E-state index in [1.807, 2.05) is 0 Å². The summed E-state index contributed by atoms with van der Waals surface area (Å²) in [7, 11) is 1.38. The lowest BCUT2D eigenvalue weighted by molar-refractivity contribution is -0.261. The summed E-state index contributed by atoms with van der Waals surface area (Å²) in [4.78, 5) is 34.7. The van der Waals surface area contributed by atoms with E-state index in [2.05, 4.69) is 0 Å². The zero-order valence-corrected chi connectivity index (χ0v) is 13.8. The molecule has 0 aromatic heterocycles. The Morgan fingerprint density at radius 2 is 1.74 bits per heavy atom. The first-order valence-electron chi connectivity index (χ1n) is 7.61. The standard InChI is InChI=1S/C15H24O8/c1-5-10(16)22-9-7-21-15(20-4)12(8(3)14(18)19)13(9)23-11(17)6-2/h8-9,12-13,15H,5-7H2,1-4H3,(H,18,19)/t8-,9+,12+,13+,15?/m0/s1. The fraction of sp³-hybridized carbons (Fsp3) is 0.800. The number of carboxylic acids is 1. The van der Waals surface area contributed by atoms with Crippen molar-refractivity contribution in [1.29, 1.82) is 0 Å². The van der Waals surface area contributed by atoms with Gasteiger partial charge in [0.15, 0.2) is 12.4 Å². The third kappa shape index (κ3) is 4.90. The fourth-order valence-corrected chi connectivity index (χ4v) is 2.45. The van der Waals surface area contributed by atoms with E-state index in [9.17, 15) is 19.5 Å². The van der Waals surface area contributed by atoms with Crippen molar-refractivity contribution < 1.29 is 38.4 Å². The van der Waals surface area contributed by atoms with Gasteiger partial charge in [-0.25, -0.2) is 0 Å². The van der Waals surface area contributed by atoms with Gasteiger partial charge in [0.2, 0.25) is 0 Å². The van der Waals surface area contributed by atoms with E-state index >= 15 is 0 Å². The van der Waals surface area contributed by atoms with E-state index in [1.165, 1.54) is 14.0 Å². The van der Waals surface area contributed by atoms with Crippen LogP contribution >= 0.6 is 0 Å². The Kier molecular flexibility index (Phi) is 7.44. The predicted molar refractivity (Wildman–Crippen MR) is 77.4 cm³/mol. The molecule has 1 fully saturated rings. The van der Waals surface area contributed by atoms with Crippen molar-refractivity contribution in [3.05, 3.63) is 0 Å². The normalized spacial score (nSPS) is 28.7. The average molecular weight is 332 g/mol. The summed E-state index contributed by atoms with van der Waals surface area (Å²) in [5.41, 5.74) is 0. The maximum atomic E-state index is 11.7. The van der Waals surface area contributed by atoms with Crippen LogP contribution in [-0.2, 0) is 33.3 Å². The first-order valence-corrected chi connectivity index (χ1v) is 7.61. The highest BCUT2D eigenvalue weighted by Crippen LogP contribution is 2.33. The van der Waals surface area contributed by atoms with Gasteiger partial charge in [0.25, 0.3) is 0 Å². The summed E-state index contributed by atoms with van der Waals surface area (Å²) in [6.07, 6.45) is -2.40. The number of carbonyl (C=O) groups is 3. The number of aliphatic carboxylic acids is 1. The molecule has 1 N–H and O–H groups in total. The van der Waals surface area contributed by atoms with Gasteiger partial charge in [0.1, 0.15) is 6.10 Å². The highest BCUT2D eigenvalue weighted by atomic mass is 16.7. The molecule has 1 aliphatic heterocycles. The maximum absolute atomic E-state index is 11.7. The first-order chi connectivity index (χ1) is 10.8. The third-order valence-electron chi connectivity index (χ3n) is 3.81. The number of hydrogen-bond acceptors (Lipinski definition) is 7. The Labute approximate surface area is 135 Å². The number of rotatable bonds is 7. The zero-order chi connectivity index (χ0) is 17.6. The molecule has 0 aromatic rings. The van der Waals surface area contributed by atoms with Gasteiger partial charge in [-0.05, 0) is 0 Å². The topological polar surface area (TPSA) is 108 Å². The lowest BCUT2D eigenvalue weighted by Crippen LogP contribution is -2.56. The summed E-state index contributed by atoms with van der Waals surface area (Å²) in [6, 6.07) is 0. The SMILES string of the molecule is CCC(=O)O[C@H]1[C@@H]([C@H](C)C(=O)O)C(OC)OC[C@H]1OC(=O)CC. The molecule has 0 radical (unpaired) electrons. The highest BCUT2D eigenvalue weighted by Gasteiger charge is 2.49. The van der Waals surface area contributed by atoms with Gasteiger partial charge in [0, 0.05) is 20.0 Å². The maximum Gasteiger partial charge on any atom is 0.306 e. The van der Waals surface area contributed by atoms with E-state index in [-0.39, 0.29) is 19.4 Å². The molecule has 1 rings (SSSR count). The minimum Gasteiger partial charge on any atom is -0.481 e. The zero-order valence-electron chi connectivity index (χ0n) is 13.8. The molecule has 0 aliphatic carbocycles. The second kappa shape index (κ2) is 8.83. The van der Waals surface area contributed by atoms with Crippen LogP contribution in [0.25, 0.3) is 0 Å². The van der Waals surface area contributed by atoms with Crippen molar-refractivity contribution in [2.75, 3.05) is 13.7 Å². The quantitative estimate of drug-likeness (QED) is 0.687. The Hall–Kier alpha value is -1.67. The largest absolute Gasteiger partial charge is 0.481 e. The van der Waals surface area contributed by atoms with Crippen LogP contribution in [0, 0.1) is 11.8 Å². The number of ether oxygens (including phenoxy) is 4. The van der Waals surface area contributed by atoms with Crippen LogP contribution in [0.15, 0.2) is 0 Å². The molecule has 1 heterocycles. The molecule has 0 spiro atoms. The van der Waals surface area contributed by atoms with Crippen molar-refractivity contribution in [2.24, 2.45) is 11.8 Å². The average Bonchev–Trinajstić information content (AvgIpc) is 2.54. The van der Waals surface area contributed by atoms with E-state index in [0.29, 0.717) is 0 Å². The lowest BCUT2D eigenvalue weighted by Gasteiger charge is -2.42. The van der Waals surface area contributed by atoms with Crippen molar-refractivity contribution in [3.8, 4) is 0 Å². The summed E-state index contributed by atoms with van der Waals surface area (Å²) in [5, 5.41) is 9.31. The van der Waals surface area contributed by atoms with Gasteiger partial charge in [-0.15, -0.1) is 0 Å². The minimum atomic E-state index is -1.08. The molecule has 132 valence electrons. The second-order valence-electron chi connectivity index (χ2n) is 5.33. The van der Waals surface area contributed by atoms with Crippen molar-refractivity contribution in [2.45, 2.75) is 52.1 Å². The number of carboxylic acid groups (broad SMARTS) is 1. The van der Waals surface area contributed by atoms with Crippen LogP contribution in [0.2, 0.25) is 0 Å². The van der Waals surface area contributed by atoms with Gasteiger partial charge < -0.3 is 24.1 Å². The lowest BCUT2D eigenvalue weighted by atomic mass is 9.83. The molecule has 0 bridgehead atoms. The minimum absolute atomic E-state index is 0.0330. The molecule has 1 saturated heterocycles. The van der Waals surface area contributed by atoms with E-state index < -0.39 is 48.2 Å². The van der Waals surface area contributed by atoms with Crippen LogP contribution in [-0.4, -0.2) is 55.2 Å². The Morgan fingerprint density at radius 1 is 1.17 bits per heavy atom. The first kappa shape index (κ1) is 19.4. The Bertz CT molecular complexity index is 435. The van der Waals surface area contributed by atoms with Crippen LogP contribution in [0.1, 0.15) is 33.6 Å². The van der Waals surface area contributed by atoms with Crippen molar-refractivity contribution in [3.63, 3.8) is 0 Å². The highest BCUT2D eigenvalue weighted by molar-refractivity contribution is 5.72. The molecular formula is C15H24O8. The summed E-state index contributed by atoms with van der Waals surface area (Å²) >= 11 is 0. The molecule has 0 amide bonds. The smallest absolute Gasteiger partial charge is 0.306 e. The van der Waals surface area contributed by atoms with Crippen LogP contribution in [0.3, 0.4) is 0 Å². The van der Waals surface area contributed by atoms with Crippen LogP contribution in [0.4, 0.5) is 0 Å². The van der Waals surface area contributed by atoms with E-state index in [1.54, 1.807) is 13.8 Å². The molecule has 1 unspecified atom stereocenters. The van der Waals surface area contributed by atoms with Crippen molar-refractivity contribution >= 4 is 17.9 Å². The van der Waals surface area contributed by atoms with Gasteiger partial charge >= 0.3 is 17.9 Å². The Morgan fingerprint density at radius 3 is 2.22 bits per heavy atom. The monoisotopic (exact) mass is 332 g/mol. The molecular weight excluding hydrogens is 308 g/mol. The molecule has 0 aromatic carbocycles. The van der Waals surface area contributed by atoms with Crippen LogP contribution < -0.4 is 0 Å². The molecule has 5 atom stereocenters. The number of methoxy groups -OCH3 is 1. The van der Waals surface area contributed by atoms with Gasteiger partial charge in [-0.1, -0.05) is 20.8 Å². The van der Waals surface area contributed by atoms with Crippen LogP contribution in [0.5, 0.6) is 0 Å². The van der Waals surface area contributed by atoms with E-state index in [4.69, 9.17) is 18.9 Å². The molecule has 8 nitrogen and oxygen atoms in total. The number of carbonyl (C=O) groups excluding carboxylic acids is 2. The summed E-state index contributed by atoms with van der Waals surface area (Å²) < 4.78 is 21.3. The van der Waals surface area contributed by atoms with Gasteiger partial charge in [-0.3, -0.25) is 14.4 Å². The molecule has 8 heteroatoms. The summed E-state index contributed by atoms with van der Waals surface area (Å²) in [5.74, 6) is -3.78.